The van der Waals surface area contributed by atoms with Gasteiger partial charge in [0.1, 0.15) is 5.82 Å². The monoisotopic (exact) mass is 248 g/mol. The molecular weight excluding hydrogens is 228 g/mol. The average molecular weight is 248 g/mol. The molecule has 2 aromatic rings. The second-order valence-electron chi connectivity index (χ2n) is 3.28. The summed E-state index contributed by atoms with van der Waals surface area (Å²) in [5.74, 6) is 0.916. The first-order valence-electron chi connectivity index (χ1n) is 6.07. The number of pyridine rings is 1. The van der Waals surface area contributed by atoms with Crippen LogP contribution in [0.5, 0.6) is 0 Å². The largest absolute Gasteiger partial charge is 0.373 e. The molecule has 2 heterocycles. The van der Waals surface area contributed by atoms with E-state index in [1.807, 2.05) is 50.4 Å². The zero-order valence-electron chi connectivity index (χ0n) is 10.9. The fourth-order valence-electron chi connectivity index (χ4n) is 1.42. The van der Waals surface area contributed by atoms with Gasteiger partial charge < -0.3 is 5.32 Å². The molecule has 0 fully saturated rings. The molecule has 17 heavy (non-hydrogen) atoms. The summed E-state index contributed by atoms with van der Waals surface area (Å²) in [5, 5.41) is 3.05. The molecule has 0 radical (unpaired) electrons. The van der Waals surface area contributed by atoms with Gasteiger partial charge in [-0.15, -0.1) is 11.3 Å². The summed E-state index contributed by atoms with van der Waals surface area (Å²) >= 11 is 1.81. The van der Waals surface area contributed by atoms with Crippen molar-refractivity contribution in [3.05, 3.63) is 35.2 Å². The minimum atomic E-state index is 0.916. The van der Waals surface area contributed by atoms with Gasteiger partial charge in [-0.1, -0.05) is 26.8 Å². The van der Waals surface area contributed by atoms with Crippen LogP contribution in [0.2, 0.25) is 0 Å². The Kier molecular flexibility index (Phi) is 5.70. The maximum absolute atomic E-state index is 4.51. The SMILES string of the molecule is CC.CCc1ccc(-c2cccc(NC)n2)s1. The van der Waals surface area contributed by atoms with E-state index in [0.29, 0.717) is 0 Å². The lowest BCUT2D eigenvalue weighted by molar-refractivity contribution is 1.19. The van der Waals surface area contributed by atoms with Crippen LogP contribution in [-0.2, 0) is 6.42 Å². The number of rotatable bonds is 3. The van der Waals surface area contributed by atoms with Crippen LogP contribution in [0.3, 0.4) is 0 Å². The van der Waals surface area contributed by atoms with Gasteiger partial charge in [0.25, 0.3) is 0 Å². The van der Waals surface area contributed by atoms with E-state index in [0.717, 1.165) is 17.9 Å². The minimum absolute atomic E-state index is 0.916. The Morgan fingerprint density at radius 2 is 1.94 bits per heavy atom. The molecule has 0 saturated carbocycles. The molecular formula is C14H20N2S. The summed E-state index contributed by atoms with van der Waals surface area (Å²) in [6.07, 6.45) is 1.09. The van der Waals surface area contributed by atoms with Crippen LogP contribution in [0.25, 0.3) is 10.6 Å². The lowest BCUT2D eigenvalue weighted by Gasteiger charge is -2.01. The highest BCUT2D eigenvalue weighted by Crippen LogP contribution is 2.27. The number of hydrogen-bond donors (Lipinski definition) is 1. The third-order valence-corrected chi connectivity index (χ3v) is 3.52. The van der Waals surface area contributed by atoms with Crippen molar-refractivity contribution in [1.29, 1.82) is 0 Å². The summed E-state index contributed by atoms with van der Waals surface area (Å²) in [7, 11) is 1.89. The number of aryl methyl sites for hydroxylation is 1. The summed E-state index contributed by atoms with van der Waals surface area (Å²) in [4.78, 5) is 7.15. The van der Waals surface area contributed by atoms with E-state index in [-0.39, 0.29) is 0 Å². The summed E-state index contributed by atoms with van der Waals surface area (Å²) in [5.41, 5.74) is 1.05. The van der Waals surface area contributed by atoms with Crippen molar-refractivity contribution in [1.82, 2.24) is 4.98 Å². The molecule has 0 aromatic carbocycles. The lowest BCUT2D eigenvalue weighted by atomic mass is 10.3. The molecule has 1 N–H and O–H groups in total. The van der Waals surface area contributed by atoms with Crippen molar-refractivity contribution in [2.75, 3.05) is 12.4 Å². The highest BCUT2D eigenvalue weighted by Gasteiger charge is 2.03. The number of nitrogens with zero attached hydrogens (tertiary/aromatic N) is 1. The van der Waals surface area contributed by atoms with Crippen molar-refractivity contribution < 1.29 is 0 Å². The molecule has 2 rings (SSSR count). The number of hydrogen-bond acceptors (Lipinski definition) is 3. The van der Waals surface area contributed by atoms with E-state index in [1.54, 1.807) is 0 Å². The van der Waals surface area contributed by atoms with Crippen molar-refractivity contribution >= 4 is 17.2 Å². The lowest BCUT2D eigenvalue weighted by Crippen LogP contribution is -1.91. The van der Waals surface area contributed by atoms with E-state index in [4.69, 9.17) is 0 Å². The van der Waals surface area contributed by atoms with Crippen molar-refractivity contribution in [2.45, 2.75) is 27.2 Å². The van der Waals surface area contributed by atoms with Gasteiger partial charge in [-0.3, -0.25) is 0 Å². The fraction of sp³-hybridized carbons (Fsp3) is 0.357. The molecule has 2 nitrogen and oxygen atoms in total. The molecule has 0 aliphatic heterocycles. The van der Waals surface area contributed by atoms with Gasteiger partial charge in [0.15, 0.2) is 0 Å². The van der Waals surface area contributed by atoms with Crippen LogP contribution < -0.4 is 5.32 Å². The van der Waals surface area contributed by atoms with Crippen LogP contribution in [0.15, 0.2) is 30.3 Å². The Bertz CT molecular complexity index is 449. The smallest absolute Gasteiger partial charge is 0.126 e. The van der Waals surface area contributed by atoms with Crippen LogP contribution in [0.1, 0.15) is 25.6 Å². The van der Waals surface area contributed by atoms with E-state index in [1.165, 1.54) is 9.75 Å². The number of nitrogens with one attached hydrogen (secondary N) is 1. The van der Waals surface area contributed by atoms with Crippen LogP contribution in [0.4, 0.5) is 5.82 Å². The molecule has 0 amide bonds. The topological polar surface area (TPSA) is 24.9 Å². The molecule has 0 saturated heterocycles. The Morgan fingerprint density at radius 1 is 1.18 bits per heavy atom. The van der Waals surface area contributed by atoms with E-state index >= 15 is 0 Å². The molecule has 0 atom stereocenters. The van der Waals surface area contributed by atoms with Crippen LogP contribution >= 0.6 is 11.3 Å². The van der Waals surface area contributed by atoms with Gasteiger partial charge in [-0.2, -0.15) is 0 Å². The zero-order chi connectivity index (χ0) is 12.7. The third-order valence-electron chi connectivity index (χ3n) is 2.27. The van der Waals surface area contributed by atoms with Gasteiger partial charge >= 0.3 is 0 Å². The first kappa shape index (κ1) is 13.7. The van der Waals surface area contributed by atoms with Gasteiger partial charge in [0, 0.05) is 11.9 Å². The van der Waals surface area contributed by atoms with E-state index < -0.39 is 0 Å². The summed E-state index contributed by atoms with van der Waals surface area (Å²) in [6.45, 7) is 6.17. The number of thiophene rings is 1. The molecule has 92 valence electrons. The summed E-state index contributed by atoms with van der Waals surface area (Å²) in [6, 6.07) is 10.4. The van der Waals surface area contributed by atoms with Gasteiger partial charge in [0.05, 0.1) is 10.6 Å². The molecule has 0 bridgehead atoms. The first-order valence-corrected chi connectivity index (χ1v) is 6.89. The van der Waals surface area contributed by atoms with Gasteiger partial charge in [-0.05, 0) is 30.7 Å². The second-order valence-corrected chi connectivity index (χ2v) is 4.45. The predicted octanol–water partition coefficient (Wildman–Crippen LogP) is 4.44. The Hall–Kier alpha value is -1.35. The Morgan fingerprint density at radius 3 is 2.53 bits per heavy atom. The highest BCUT2D eigenvalue weighted by molar-refractivity contribution is 7.15. The fourth-order valence-corrected chi connectivity index (χ4v) is 2.33. The van der Waals surface area contributed by atoms with Crippen molar-refractivity contribution in [3.63, 3.8) is 0 Å². The Balaban J connectivity index is 0.000000686. The van der Waals surface area contributed by atoms with E-state index in [2.05, 4.69) is 29.4 Å². The van der Waals surface area contributed by atoms with Crippen LogP contribution in [-0.4, -0.2) is 12.0 Å². The average Bonchev–Trinajstić information content (AvgIpc) is 2.90. The quantitative estimate of drug-likeness (QED) is 0.868. The maximum atomic E-state index is 4.51. The maximum Gasteiger partial charge on any atom is 0.126 e. The normalized spacial score (nSPS) is 9.41. The second kappa shape index (κ2) is 7.07. The van der Waals surface area contributed by atoms with Gasteiger partial charge in [-0.25, -0.2) is 4.98 Å². The third kappa shape index (κ3) is 3.56. The molecule has 2 aromatic heterocycles. The molecule has 0 spiro atoms. The number of aromatic nitrogens is 1. The van der Waals surface area contributed by atoms with Crippen LogP contribution in [0, 0.1) is 0 Å². The highest BCUT2D eigenvalue weighted by atomic mass is 32.1. The number of anilines is 1. The minimum Gasteiger partial charge on any atom is -0.373 e. The standard InChI is InChI=1S/C12H14N2S.C2H6/c1-3-9-7-8-11(15-9)10-5-4-6-12(13-2)14-10;1-2/h4-8H,3H2,1-2H3,(H,13,14);1-2H3. The Labute approximate surface area is 108 Å². The first-order chi connectivity index (χ1) is 8.33. The van der Waals surface area contributed by atoms with Crippen molar-refractivity contribution in [3.8, 4) is 10.6 Å². The van der Waals surface area contributed by atoms with Gasteiger partial charge in [0.2, 0.25) is 0 Å². The van der Waals surface area contributed by atoms with E-state index in [9.17, 15) is 0 Å². The molecule has 0 aliphatic carbocycles. The molecule has 0 aliphatic rings. The summed E-state index contributed by atoms with van der Waals surface area (Å²) < 4.78 is 0. The van der Waals surface area contributed by atoms with Crippen molar-refractivity contribution in [2.24, 2.45) is 0 Å². The predicted molar refractivity (Wildman–Crippen MR) is 77.8 cm³/mol. The molecule has 0 unspecified atom stereocenters. The zero-order valence-corrected chi connectivity index (χ0v) is 11.8. The molecule has 3 heteroatoms.